The second kappa shape index (κ2) is 10.4. The van der Waals surface area contributed by atoms with Gasteiger partial charge in [-0.05, 0) is 55.5 Å². The van der Waals surface area contributed by atoms with Crippen LogP contribution in [0.5, 0.6) is 0 Å². The van der Waals surface area contributed by atoms with Crippen LogP contribution >= 0.6 is 11.8 Å². The molecule has 0 atom stereocenters. The number of rotatable bonds is 7. The van der Waals surface area contributed by atoms with Gasteiger partial charge in [0.2, 0.25) is 11.8 Å². The number of thioether (sulfide) groups is 1. The van der Waals surface area contributed by atoms with Gasteiger partial charge in [0.05, 0.1) is 5.75 Å². The number of aryl methyl sites for hydroxylation is 1. The first kappa shape index (κ1) is 22.0. The molecule has 0 aliphatic carbocycles. The second-order valence-electron chi connectivity index (χ2n) is 6.67. The van der Waals surface area contributed by atoms with Gasteiger partial charge >= 0.3 is 0 Å². The normalized spacial score (nSPS) is 10.3. The van der Waals surface area contributed by atoms with Crippen molar-refractivity contribution < 1.29 is 14.4 Å². The molecule has 0 unspecified atom stereocenters. The van der Waals surface area contributed by atoms with E-state index in [4.69, 9.17) is 0 Å². The van der Waals surface area contributed by atoms with Gasteiger partial charge in [-0.25, -0.2) is 0 Å². The first-order chi connectivity index (χ1) is 14.9. The maximum Gasteiger partial charge on any atom is 0.256 e. The average molecular weight is 436 g/mol. The van der Waals surface area contributed by atoms with Crippen LogP contribution in [-0.4, -0.2) is 33.7 Å². The van der Waals surface area contributed by atoms with Crippen molar-refractivity contribution >= 4 is 46.7 Å². The van der Waals surface area contributed by atoms with Crippen LogP contribution < -0.4 is 16.0 Å². The van der Waals surface area contributed by atoms with Crippen molar-refractivity contribution in [3.63, 3.8) is 0 Å². The van der Waals surface area contributed by atoms with E-state index in [9.17, 15) is 14.4 Å². The van der Waals surface area contributed by atoms with Crippen LogP contribution in [0.1, 0.15) is 22.8 Å². The zero-order chi connectivity index (χ0) is 22.2. The summed E-state index contributed by atoms with van der Waals surface area (Å²) in [6, 6.07) is 17.4. The average Bonchev–Trinajstić information content (AvgIpc) is 2.75. The minimum Gasteiger partial charge on any atom is -0.326 e. The minimum atomic E-state index is -0.265. The summed E-state index contributed by atoms with van der Waals surface area (Å²) in [5.41, 5.74) is 2.89. The van der Waals surface area contributed by atoms with Crippen LogP contribution in [0.25, 0.3) is 0 Å². The molecular weight excluding hydrogens is 414 g/mol. The van der Waals surface area contributed by atoms with E-state index in [0.717, 1.165) is 5.56 Å². The van der Waals surface area contributed by atoms with Gasteiger partial charge < -0.3 is 16.0 Å². The molecule has 0 aliphatic heterocycles. The number of nitrogens with one attached hydrogen (secondary N) is 3. The standard InChI is InChI=1S/C22H21N5O3S/c1-14-3-5-16(6-4-14)22(30)25-19-11-12-21(27-26-19)31-13-20(29)24-18-9-7-17(8-10-18)23-15(2)28/h3-12H,13H2,1-2H3,(H,23,28)(H,24,29)(H,25,26,30). The van der Waals surface area contributed by atoms with Gasteiger partial charge in [-0.15, -0.1) is 10.2 Å². The van der Waals surface area contributed by atoms with Crippen molar-refractivity contribution in [1.29, 1.82) is 0 Å². The SMILES string of the molecule is CC(=O)Nc1ccc(NC(=O)CSc2ccc(NC(=O)c3ccc(C)cc3)nn2)cc1. The smallest absolute Gasteiger partial charge is 0.256 e. The monoisotopic (exact) mass is 435 g/mol. The molecule has 0 fully saturated rings. The first-order valence-corrected chi connectivity index (χ1v) is 10.4. The summed E-state index contributed by atoms with van der Waals surface area (Å²) in [5.74, 6) is -0.139. The zero-order valence-electron chi connectivity index (χ0n) is 17.0. The number of nitrogens with zero attached hydrogens (tertiary/aromatic N) is 2. The molecule has 0 spiro atoms. The van der Waals surface area contributed by atoms with E-state index in [1.807, 2.05) is 19.1 Å². The summed E-state index contributed by atoms with van der Waals surface area (Å²) in [6.45, 7) is 3.38. The highest BCUT2D eigenvalue weighted by Crippen LogP contribution is 2.18. The summed E-state index contributed by atoms with van der Waals surface area (Å²) in [4.78, 5) is 35.4. The van der Waals surface area contributed by atoms with Crippen LogP contribution in [0.2, 0.25) is 0 Å². The Hall–Kier alpha value is -3.72. The summed E-state index contributed by atoms with van der Waals surface area (Å²) >= 11 is 1.23. The predicted molar refractivity (Wildman–Crippen MR) is 121 cm³/mol. The molecule has 9 heteroatoms. The van der Waals surface area contributed by atoms with Gasteiger partial charge in [-0.3, -0.25) is 14.4 Å². The van der Waals surface area contributed by atoms with Gasteiger partial charge in [0.1, 0.15) is 5.03 Å². The predicted octanol–water partition coefficient (Wildman–Crippen LogP) is 3.73. The number of aromatic nitrogens is 2. The molecule has 0 bridgehead atoms. The van der Waals surface area contributed by atoms with Gasteiger partial charge in [0.25, 0.3) is 5.91 Å². The molecule has 3 N–H and O–H groups in total. The number of hydrogen-bond acceptors (Lipinski definition) is 6. The third-order valence-electron chi connectivity index (χ3n) is 4.04. The number of anilines is 3. The fourth-order valence-electron chi connectivity index (χ4n) is 2.53. The van der Waals surface area contributed by atoms with Crippen LogP contribution in [0, 0.1) is 6.92 Å². The Morgan fingerprint density at radius 3 is 2.03 bits per heavy atom. The molecule has 3 aromatic rings. The molecule has 2 aromatic carbocycles. The molecule has 0 aliphatic rings. The lowest BCUT2D eigenvalue weighted by atomic mass is 10.1. The Balaban J connectivity index is 1.47. The molecule has 3 rings (SSSR count). The fourth-order valence-corrected chi connectivity index (χ4v) is 3.15. The van der Waals surface area contributed by atoms with Crippen LogP contribution in [0.4, 0.5) is 17.2 Å². The van der Waals surface area contributed by atoms with E-state index in [2.05, 4.69) is 26.1 Å². The van der Waals surface area contributed by atoms with Crippen molar-refractivity contribution in [2.75, 3.05) is 21.7 Å². The third-order valence-corrected chi connectivity index (χ3v) is 4.96. The first-order valence-electron chi connectivity index (χ1n) is 9.41. The molecule has 0 radical (unpaired) electrons. The minimum absolute atomic E-state index is 0.150. The van der Waals surface area contributed by atoms with E-state index >= 15 is 0 Å². The van der Waals surface area contributed by atoms with Gasteiger partial charge in [0, 0.05) is 23.9 Å². The highest BCUT2D eigenvalue weighted by molar-refractivity contribution is 7.99. The van der Waals surface area contributed by atoms with Gasteiger partial charge in [-0.1, -0.05) is 29.5 Å². The Labute approximate surface area is 183 Å². The van der Waals surface area contributed by atoms with Crippen molar-refractivity contribution in [3.8, 4) is 0 Å². The van der Waals surface area contributed by atoms with E-state index in [1.54, 1.807) is 48.5 Å². The number of hydrogen-bond donors (Lipinski definition) is 3. The third kappa shape index (κ3) is 6.93. The Morgan fingerprint density at radius 2 is 1.45 bits per heavy atom. The van der Waals surface area contributed by atoms with Crippen molar-refractivity contribution in [2.24, 2.45) is 0 Å². The van der Waals surface area contributed by atoms with E-state index in [0.29, 0.717) is 27.8 Å². The van der Waals surface area contributed by atoms with Gasteiger partial charge in [-0.2, -0.15) is 0 Å². The molecule has 31 heavy (non-hydrogen) atoms. The summed E-state index contributed by atoms with van der Waals surface area (Å²) in [7, 11) is 0. The fraction of sp³-hybridized carbons (Fsp3) is 0.136. The Kier molecular flexibility index (Phi) is 7.34. The topological polar surface area (TPSA) is 113 Å². The number of carbonyl (C=O) groups is 3. The molecule has 158 valence electrons. The molecule has 3 amide bonds. The van der Waals surface area contributed by atoms with Gasteiger partial charge in [0.15, 0.2) is 5.82 Å². The number of benzene rings is 2. The molecular formula is C22H21N5O3S. The lowest BCUT2D eigenvalue weighted by Gasteiger charge is -2.07. The lowest BCUT2D eigenvalue weighted by Crippen LogP contribution is -2.15. The highest BCUT2D eigenvalue weighted by atomic mass is 32.2. The van der Waals surface area contributed by atoms with E-state index < -0.39 is 0 Å². The Morgan fingerprint density at radius 1 is 0.806 bits per heavy atom. The summed E-state index contributed by atoms with van der Waals surface area (Å²) < 4.78 is 0. The van der Waals surface area contributed by atoms with Crippen LogP contribution in [-0.2, 0) is 9.59 Å². The Bertz CT molecular complexity index is 1070. The largest absolute Gasteiger partial charge is 0.326 e. The zero-order valence-corrected chi connectivity index (χ0v) is 17.8. The molecule has 1 aromatic heterocycles. The second-order valence-corrected chi connectivity index (χ2v) is 7.67. The van der Waals surface area contributed by atoms with Crippen molar-refractivity contribution in [3.05, 3.63) is 71.8 Å². The highest BCUT2D eigenvalue weighted by Gasteiger charge is 2.09. The molecule has 8 nitrogen and oxygen atoms in total. The maximum atomic E-state index is 12.2. The van der Waals surface area contributed by atoms with Crippen molar-refractivity contribution in [2.45, 2.75) is 18.9 Å². The number of amides is 3. The molecule has 0 saturated carbocycles. The summed E-state index contributed by atoms with van der Waals surface area (Å²) in [6.07, 6.45) is 0. The number of carbonyl (C=O) groups excluding carboxylic acids is 3. The lowest BCUT2D eigenvalue weighted by molar-refractivity contribution is -0.114. The quantitative estimate of drug-likeness (QED) is 0.488. The van der Waals surface area contributed by atoms with Crippen LogP contribution in [0.15, 0.2) is 65.7 Å². The van der Waals surface area contributed by atoms with Crippen LogP contribution in [0.3, 0.4) is 0 Å². The molecule has 0 saturated heterocycles. The van der Waals surface area contributed by atoms with Crippen molar-refractivity contribution in [1.82, 2.24) is 10.2 Å². The molecule has 1 heterocycles. The summed E-state index contributed by atoms with van der Waals surface area (Å²) in [5, 5.41) is 16.7. The van der Waals surface area contributed by atoms with E-state index in [1.165, 1.54) is 18.7 Å². The maximum absolute atomic E-state index is 12.2. The van der Waals surface area contributed by atoms with E-state index in [-0.39, 0.29) is 23.5 Å².